The zero-order chi connectivity index (χ0) is 13.8. The number of nitrogens with two attached hydrogens (primary N) is 1. The van der Waals surface area contributed by atoms with Crippen LogP contribution < -0.4 is 11.3 Å². The van der Waals surface area contributed by atoms with E-state index in [2.05, 4.69) is 64.5 Å². The van der Waals surface area contributed by atoms with Gasteiger partial charge in [-0.1, -0.05) is 28.1 Å². The standard InChI is InChI=1S/C14H18BrN3S/c1-9-10(2)19-14(17-9)8-13(18-16)7-11-3-5-12(15)6-4-11/h3-6,13,18H,7-8,16H2,1-2H3. The highest BCUT2D eigenvalue weighted by molar-refractivity contribution is 9.10. The first-order chi connectivity index (χ1) is 9.08. The van der Waals surface area contributed by atoms with Crippen LogP contribution in [0, 0.1) is 13.8 Å². The van der Waals surface area contributed by atoms with Crippen LogP contribution in [0.3, 0.4) is 0 Å². The first-order valence-electron chi connectivity index (χ1n) is 6.22. The highest BCUT2D eigenvalue weighted by atomic mass is 79.9. The second-order valence-electron chi connectivity index (χ2n) is 4.65. The summed E-state index contributed by atoms with van der Waals surface area (Å²) in [5, 5.41) is 1.15. The molecule has 2 aromatic rings. The van der Waals surface area contributed by atoms with E-state index >= 15 is 0 Å². The normalized spacial score (nSPS) is 12.6. The van der Waals surface area contributed by atoms with Crippen LogP contribution in [0.1, 0.15) is 21.1 Å². The molecule has 1 aromatic heterocycles. The van der Waals surface area contributed by atoms with Crippen molar-refractivity contribution in [3.63, 3.8) is 0 Å². The van der Waals surface area contributed by atoms with E-state index in [9.17, 15) is 0 Å². The van der Waals surface area contributed by atoms with Gasteiger partial charge in [-0.2, -0.15) is 0 Å². The molecule has 0 aliphatic rings. The Morgan fingerprint density at radius 2 is 1.95 bits per heavy atom. The molecular formula is C14H18BrN3S. The summed E-state index contributed by atoms with van der Waals surface area (Å²) in [5.41, 5.74) is 5.30. The number of nitrogens with one attached hydrogen (secondary N) is 1. The highest BCUT2D eigenvalue weighted by Gasteiger charge is 2.12. The Labute approximate surface area is 126 Å². The molecule has 0 bridgehead atoms. The second kappa shape index (κ2) is 6.61. The van der Waals surface area contributed by atoms with Crippen molar-refractivity contribution < 1.29 is 0 Å². The summed E-state index contributed by atoms with van der Waals surface area (Å²) in [6.45, 7) is 4.16. The molecular weight excluding hydrogens is 322 g/mol. The molecule has 1 atom stereocenters. The van der Waals surface area contributed by atoms with Crippen molar-refractivity contribution in [3.05, 3.63) is 49.9 Å². The highest BCUT2D eigenvalue weighted by Crippen LogP contribution is 2.19. The summed E-state index contributed by atoms with van der Waals surface area (Å²) in [7, 11) is 0. The Balaban J connectivity index is 2.02. The van der Waals surface area contributed by atoms with Crippen molar-refractivity contribution in [2.75, 3.05) is 0 Å². The molecule has 3 nitrogen and oxygen atoms in total. The number of hydrogen-bond donors (Lipinski definition) is 2. The van der Waals surface area contributed by atoms with Gasteiger partial charge in [-0.3, -0.25) is 11.3 Å². The lowest BCUT2D eigenvalue weighted by Gasteiger charge is -2.14. The van der Waals surface area contributed by atoms with E-state index in [0.717, 1.165) is 28.0 Å². The predicted molar refractivity (Wildman–Crippen MR) is 84.2 cm³/mol. The summed E-state index contributed by atoms with van der Waals surface area (Å²) in [4.78, 5) is 5.86. The van der Waals surface area contributed by atoms with Crippen molar-refractivity contribution in [3.8, 4) is 0 Å². The van der Waals surface area contributed by atoms with Gasteiger partial charge in [0.15, 0.2) is 0 Å². The number of halogens is 1. The van der Waals surface area contributed by atoms with Crippen LogP contribution in [0.4, 0.5) is 0 Å². The number of rotatable bonds is 5. The van der Waals surface area contributed by atoms with Gasteiger partial charge in [-0.05, 0) is 38.0 Å². The van der Waals surface area contributed by atoms with Gasteiger partial charge in [-0.15, -0.1) is 11.3 Å². The zero-order valence-corrected chi connectivity index (χ0v) is 13.5. The molecule has 1 aromatic carbocycles. The second-order valence-corrected chi connectivity index (χ2v) is 6.85. The minimum absolute atomic E-state index is 0.214. The van der Waals surface area contributed by atoms with Crippen LogP contribution in [0.25, 0.3) is 0 Å². The van der Waals surface area contributed by atoms with Crippen LogP contribution >= 0.6 is 27.3 Å². The van der Waals surface area contributed by atoms with E-state index in [1.807, 2.05) is 0 Å². The van der Waals surface area contributed by atoms with E-state index in [4.69, 9.17) is 5.84 Å². The Morgan fingerprint density at radius 3 is 2.47 bits per heavy atom. The molecule has 2 rings (SSSR count). The van der Waals surface area contributed by atoms with E-state index in [0.29, 0.717) is 0 Å². The summed E-state index contributed by atoms with van der Waals surface area (Å²) in [5.74, 6) is 5.66. The summed E-state index contributed by atoms with van der Waals surface area (Å²) < 4.78 is 1.10. The third-order valence-corrected chi connectivity index (χ3v) is 4.75. The number of thiazole rings is 1. The third-order valence-electron chi connectivity index (χ3n) is 3.12. The minimum Gasteiger partial charge on any atom is -0.271 e. The Kier molecular flexibility index (Phi) is 5.10. The van der Waals surface area contributed by atoms with Gasteiger partial charge in [0.25, 0.3) is 0 Å². The van der Waals surface area contributed by atoms with Gasteiger partial charge in [0.1, 0.15) is 0 Å². The zero-order valence-electron chi connectivity index (χ0n) is 11.1. The topological polar surface area (TPSA) is 50.9 Å². The van der Waals surface area contributed by atoms with E-state index < -0.39 is 0 Å². The molecule has 0 fully saturated rings. The van der Waals surface area contributed by atoms with Crippen LogP contribution in [0.5, 0.6) is 0 Å². The molecule has 1 unspecified atom stereocenters. The van der Waals surface area contributed by atoms with Crippen molar-refractivity contribution >= 4 is 27.3 Å². The van der Waals surface area contributed by atoms with Gasteiger partial charge in [0.2, 0.25) is 0 Å². The lowest BCUT2D eigenvalue weighted by Crippen LogP contribution is -2.38. The van der Waals surface area contributed by atoms with Crippen molar-refractivity contribution in [1.82, 2.24) is 10.4 Å². The molecule has 5 heteroatoms. The monoisotopic (exact) mass is 339 g/mol. The minimum atomic E-state index is 0.214. The maximum atomic E-state index is 5.66. The molecule has 0 aliphatic heterocycles. The largest absolute Gasteiger partial charge is 0.271 e. The lowest BCUT2D eigenvalue weighted by atomic mass is 10.0. The fourth-order valence-corrected chi connectivity index (χ4v) is 3.21. The predicted octanol–water partition coefficient (Wildman–Crippen LogP) is 3.14. The number of nitrogens with zero attached hydrogens (tertiary/aromatic N) is 1. The average molecular weight is 340 g/mol. The lowest BCUT2D eigenvalue weighted by molar-refractivity contribution is 0.521. The van der Waals surface area contributed by atoms with Crippen LogP contribution in [-0.4, -0.2) is 11.0 Å². The van der Waals surface area contributed by atoms with Gasteiger partial charge in [-0.25, -0.2) is 4.98 Å². The van der Waals surface area contributed by atoms with Gasteiger partial charge >= 0.3 is 0 Å². The average Bonchev–Trinajstić information content (AvgIpc) is 2.70. The molecule has 0 aliphatic carbocycles. The fraction of sp³-hybridized carbons (Fsp3) is 0.357. The molecule has 102 valence electrons. The van der Waals surface area contributed by atoms with Gasteiger partial charge in [0.05, 0.1) is 10.7 Å². The summed E-state index contributed by atoms with van der Waals surface area (Å²) in [6, 6.07) is 8.56. The molecule has 1 heterocycles. The van der Waals surface area contributed by atoms with E-state index in [-0.39, 0.29) is 6.04 Å². The molecule has 0 amide bonds. The fourth-order valence-electron chi connectivity index (χ4n) is 1.93. The molecule has 0 saturated heterocycles. The van der Waals surface area contributed by atoms with Crippen LogP contribution in [0.2, 0.25) is 0 Å². The van der Waals surface area contributed by atoms with Crippen molar-refractivity contribution in [2.24, 2.45) is 5.84 Å². The Bertz CT molecular complexity index is 517. The van der Waals surface area contributed by atoms with Crippen molar-refractivity contribution in [1.29, 1.82) is 0 Å². The third kappa shape index (κ3) is 4.11. The van der Waals surface area contributed by atoms with Gasteiger partial charge in [0, 0.05) is 21.8 Å². The SMILES string of the molecule is Cc1nc(CC(Cc2ccc(Br)cc2)NN)sc1C. The number of aryl methyl sites for hydroxylation is 2. The molecule has 0 radical (unpaired) electrons. The Hall–Kier alpha value is -0.750. The molecule has 19 heavy (non-hydrogen) atoms. The number of hydrogen-bond acceptors (Lipinski definition) is 4. The first-order valence-corrected chi connectivity index (χ1v) is 7.83. The van der Waals surface area contributed by atoms with Gasteiger partial charge < -0.3 is 0 Å². The smallest absolute Gasteiger partial charge is 0.0947 e. The number of aromatic nitrogens is 1. The van der Waals surface area contributed by atoms with Crippen LogP contribution in [-0.2, 0) is 12.8 Å². The van der Waals surface area contributed by atoms with Crippen molar-refractivity contribution in [2.45, 2.75) is 32.7 Å². The van der Waals surface area contributed by atoms with Crippen LogP contribution in [0.15, 0.2) is 28.7 Å². The number of hydrazine groups is 1. The Morgan fingerprint density at radius 1 is 1.26 bits per heavy atom. The molecule has 3 N–H and O–H groups in total. The maximum absolute atomic E-state index is 5.66. The summed E-state index contributed by atoms with van der Waals surface area (Å²) >= 11 is 5.20. The first kappa shape index (κ1) is 14.7. The quantitative estimate of drug-likeness (QED) is 0.649. The number of benzene rings is 1. The molecule has 0 saturated carbocycles. The van der Waals surface area contributed by atoms with E-state index in [1.54, 1.807) is 11.3 Å². The summed E-state index contributed by atoms with van der Waals surface area (Å²) in [6.07, 6.45) is 1.77. The van der Waals surface area contributed by atoms with E-state index in [1.165, 1.54) is 10.4 Å². The maximum Gasteiger partial charge on any atom is 0.0947 e. The molecule has 0 spiro atoms.